The second kappa shape index (κ2) is 6.44. The Bertz CT molecular complexity index is 410. The molecule has 1 saturated carbocycles. The molecule has 1 aliphatic carbocycles. The number of nitrogens with one attached hydrogen (secondary N) is 1. The lowest BCUT2D eigenvalue weighted by Gasteiger charge is -2.37. The van der Waals surface area contributed by atoms with Gasteiger partial charge in [0.2, 0.25) is 0 Å². The van der Waals surface area contributed by atoms with Crippen LogP contribution in [0.1, 0.15) is 32.6 Å². The molecule has 1 aliphatic heterocycles. The lowest BCUT2D eigenvalue weighted by molar-refractivity contribution is -0.141. The summed E-state index contributed by atoms with van der Waals surface area (Å²) in [5, 5.41) is 12.1. The van der Waals surface area contributed by atoms with Crippen LogP contribution >= 0.6 is 11.8 Å². The second-order valence-corrected chi connectivity index (χ2v) is 7.53. The SMILES string of the molecule is CC1SCC(C(=O)O)N1C(=O)NCC1(N(C)C)CCCC1. The third-order valence-electron chi connectivity index (χ3n) is 4.79. The Labute approximate surface area is 130 Å². The topological polar surface area (TPSA) is 72.9 Å². The number of thioether (sulfide) groups is 1. The maximum atomic E-state index is 12.4. The van der Waals surface area contributed by atoms with Gasteiger partial charge in [0.1, 0.15) is 6.04 Å². The van der Waals surface area contributed by atoms with Gasteiger partial charge in [0.05, 0.1) is 5.37 Å². The van der Waals surface area contributed by atoms with Crippen molar-refractivity contribution in [3.05, 3.63) is 0 Å². The fraction of sp³-hybridized carbons (Fsp3) is 0.857. The molecule has 2 amide bonds. The fourth-order valence-corrected chi connectivity index (χ4v) is 4.46. The number of aliphatic carboxylic acids is 1. The highest BCUT2D eigenvalue weighted by molar-refractivity contribution is 8.00. The van der Waals surface area contributed by atoms with Crippen LogP contribution in [0, 0.1) is 0 Å². The van der Waals surface area contributed by atoms with E-state index in [9.17, 15) is 14.7 Å². The number of nitrogens with zero attached hydrogens (tertiary/aromatic N) is 2. The summed E-state index contributed by atoms with van der Waals surface area (Å²) in [6, 6.07) is -0.975. The summed E-state index contributed by atoms with van der Waals surface area (Å²) < 4.78 is 0. The molecule has 0 bridgehead atoms. The van der Waals surface area contributed by atoms with Crippen molar-refractivity contribution in [3.63, 3.8) is 0 Å². The zero-order chi connectivity index (χ0) is 15.6. The standard InChI is InChI=1S/C14H25N3O3S/c1-10-17(11(8-21-10)12(18)19)13(20)15-9-14(16(2)3)6-4-5-7-14/h10-11H,4-9H2,1-3H3,(H,15,20)(H,18,19). The van der Waals surface area contributed by atoms with Crippen molar-refractivity contribution in [2.24, 2.45) is 0 Å². The molecule has 21 heavy (non-hydrogen) atoms. The first-order valence-electron chi connectivity index (χ1n) is 7.45. The molecule has 2 rings (SSSR count). The molecule has 1 heterocycles. The molecule has 7 heteroatoms. The monoisotopic (exact) mass is 315 g/mol. The average Bonchev–Trinajstić information content (AvgIpc) is 3.03. The van der Waals surface area contributed by atoms with Crippen molar-refractivity contribution < 1.29 is 14.7 Å². The minimum atomic E-state index is -0.926. The maximum absolute atomic E-state index is 12.4. The number of amides is 2. The Morgan fingerprint density at radius 2 is 2.00 bits per heavy atom. The normalized spacial score (nSPS) is 28.1. The first-order valence-corrected chi connectivity index (χ1v) is 8.50. The smallest absolute Gasteiger partial charge is 0.327 e. The molecular formula is C14H25N3O3S. The van der Waals surface area contributed by atoms with Gasteiger partial charge in [-0.2, -0.15) is 0 Å². The van der Waals surface area contributed by atoms with Crippen LogP contribution in [0.4, 0.5) is 4.79 Å². The summed E-state index contributed by atoms with van der Waals surface area (Å²) >= 11 is 1.51. The zero-order valence-corrected chi connectivity index (χ0v) is 13.8. The summed E-state index contributed by atoms with van der Waals surface area (Å²) in [7, 11) is 4.09. The summed E-state index contributed by atoms with van der Waals surface area (Å²) in [5.74, 6) is -0.465. The van der Waals surface area contributed by atoms with E-state index in [4.69, 9.17) is 0 Å². The summed E-state index contributed by atoms with van der Waals surface area (Å²) in [6.45, 7) is 2.46. The van der Waals surface area contributed by atoms with Crippen LogP contribution in [0.5, 0.6) is 0 Å². The van der Waals surface area contributed by atoms with Gasteiger partial charge in [-0.3, -0.25) is 4.90 Å². The molecule has 0 spiro atoms. The first-order chi connectivity index (χ1) is 9.87. The van der Waals surface area contributed by atoms with Crippen molar-refractivity contribution in [3.8, 4) is 0 Å². The van der Waals surface area contributed by atoms with E-state index < -0.39 is 12.0 Å². The highest BCUT2D eigenvalue weighted by Crippen LogP contribution is 2.33. The number of carbonyl (C=O) groups is 2. The van der Waals surface area contributed by atoms with E-state index >= 15 is 0 Å². The van der Waals surface area contributed by atoms with E-state index in [1.165, 1.54) is 29.5 Å². The van der Waals surface area contributed by atoms with Crippen LogP contribution in [-0.4, -0.2) is 70.3 Å². The molecule has 0 aromatic heterocycles. The number of hydrogen-bond acceptors (Lipinski definition) is 4. The minimum Gasteiger partial charge on any atom is -0.480 e. The molecule has 2 atom stereocenters. The van der Waals surface area contributed by atoms with Crippen molar-refractivity contribution in [2.75, 3.05) is 26.4 Å². The van der Waals surface area contributed by atoms with Gasteiger partial charge in [0.15, 0.2) is 0 Å². The van der Waals surface area contributed by atoms with Crippen molar-refractivity contribution in [2.45, 2.75) is 49.6 Å². The van der Waals surface area contributed by atoms with Gasteiger partial charge in [-0.1, -0.05) is 12.8 Å². The molecule has 0 aromatic rings. The average molecular weight is 315 g/mol. The molecule has 1 saturated heterocycles. The number of likely N-dealkylation sites (N-methyl/N-ethyl adjacent to an activating group) is 1. The van der Waals surface area contributed by atoms with E-state index in [-0.39, 0.29) is 16.9 Å². The van der Waals surface area contributed by atoms with Crippen molar-refractivity contribution in [1.29, 1.82) is 0 Å². The Balaban J connectivity index is 1.99. The van der Waals surface area contributed by atoms with E-state index in [0.29, 0.717) is 12.3 Å². The Morgan fingerprint density at radius 1 is 1.38 bits per heavy atom. The van der Waals surface area contributed by atoms with Gasteiger partial charge in [-0.25, -0.2) is 9.59 Å². The lowest BCUT2D eigenvalue weighted by atomic mass is 9.96. The third-order valence-corrected chi connectivity index (χ3v) is 6.01. The number of rotatable bonds is 4. The summed E-state index contributed by atoms with van der Waals surface area (Å²) in [4.78, 5) is 27.3. The van der Waals surface area contributed by atoms with Gasteiger partial charge >= 0.3 is 12.0 Å². The highest BCUT2D eigenvalue weighted by atomic mass is 32.2. The third kappa shape index (κ3) is 3.29. The van der Waals surface area contributed by atoms with Gasteiger partial charge in [-0.05, 0) is 33.9 Å². The Kier molecular flexibility index (Phi) is 5.03. The molecule has 2 aliphatic rings. The Hall–Kier alpha value is -0.950. The Morgan fingerprint density at radius 3 is 2.52 bits per heavy atom. The zero-order valence-electron chi connectivity index (χ0n) is 13.0. The number of urea groups is 1. The first kappa shape index (κ1) is 16.4. The molecular weight excluding hydrogens is 290 g/mol. The quantitative estimate of drug-likeness (QED) is 0.821. The molecule has 2 unspecified atom stereocenters. The summed E-state index contributed by atoms with van der Waals surface area (Å²) in [5.41, 5.74) is 0.0183. The van der Waals surface area contributed by atoms with Crippen molar-refractivity contribution >= 4 is 23.8 Å². The van der Waals surface area contributed by atoms with Crippen LogP contribution in [0.3, 0.4) is 0 Å². The lowest BCUT2D eigenvalue weighted by Crippen LogP contribution is -2.55. The molecule has 0 radical (unpaired) electrons. The number of carboxylic acids is 1. The minimum absolute atomic E-state index is 0.0183. The van der Waals surface area contributed by atoms with Crippen molar-refractivity contribution in [1.82, 2.24) is 15.1 Å². The van der Waals surface area contributed by atoms with Gasteiger partial charge in [0, 0.05) is 17.8 Å². The van der Waals surface area contributed by atoms with Crippen LogP contribution in [0.25, 0.3) is 0 Å². The van der Waals surface area contributed by atoms with Crippen LogP contribution in [0.2, 0.25) is 0 Å². The number of hydrogen-bond donors (Lipinski definition) is 2. The van der Waals surface area contributed by atoms with E-state index in [2.05, 4.69) is 10.2 Å². The second-order valence-electron chi connectivity index (χ2n) is 6.18. The van der Waals surface area contributed by atoms with Crippen LogP contribution < -0.4 is 5.32 Å². The van der Waals surface area contributed by atoms with E-state index in [1.54, 1.807) is 0 Å². The molecule has 2 N–H and O–H groups in total. The molecule has 2 fully saturated rings. The van der Waals surface area contributed by atoms with E-state index in [1.807, 2.05) is 21.0 Å². The molecule has 120 valence electrons. The van der Waals surface area contributed by atoms with Gasteiger partial charge < -0.3 is 15.3 Å². The number of carboxylic acid groups (broad SMARTS) is 1. The van der Waals surface area contributed by atoms with Crippen LogP contribution in [0.15, 0.2) is 0 Å². The van der Waals surface area contributed by atoms with Crippen LogP contribution in [-0.2, 0) is 4.79 Å². The van der Waals surface area contributed by atoms with E-state index in [0.717, 1.165) is 12.8 Å². The number of carbonyl (C=O) groups excluding carboxylic acids is 1. The maximum Gasteiger partial charge on any atom is 0.327 e. The molecule has 0 aromatic carbocycles. The predicted molar refractivity (Wildman–Crippen MR) is 83.5 cm³/mol. The summed E-state index contributed by atoms with van der Waals surface area (Å²) in [6.07, 6.45) is 4.52. The highest BCUT2D eigenvalue weighted by Gasteiger charge is 2.41. The largest absolute Gasteiger partial charge is 0.480 e. The fourth-order valence-electron chi connectivity index (χ4n) is 3.29. The van der Waals surface area contributed by atoms with Gasteiger partial charge in [0.25, 0.3) is 0 Å². The van der Waals surface area contributed by atoms with Gasteiger partial charge in [-0.15, -0.1) is 11.8 Å². The molecule has 6 nitrogen and oxygen atoms in total. The predicted octanol–water partition coefficient (Wildman–Crippen LogP) is 1.42.